The molecule has 172 valence electrons. The van der Waals surface area contributed by atoms with E-state index >= 15 is 0 Å². The van der Waals surface area contributed by atoms with Crippen molar-refractivity contribution in [2.45, 2.75) is 19.3 Å². The van der Waals surface area contributed by atoms with Gasteiger partial charge < -0.3 is 15.1 Å². The van der Waals surface area contributed by atoms with E-state index in [1.807, 2.05) is 23.4 Å². The Labute approximate surface area is 200 Å². The van der Waals surface area contributed by atoms with Gasteiger partial charge in [-0.1, -0.05) is 29.3 Å². The summed E-state index contributed by atoms with van der Waals surface area (Å²) < 4.78 is 0. The van der Waals surface area contributed by atoms with Gasteiger partial charge in [-0.15, -0.1) is 0 Å². The van der Waals surface area contributed by atoms with Crippen molar-refractivity contribution in [3.63, 3.8) is 0 Å². The first-order chi connectivity index (χ1) is 15.6. The van der Waals surface area contributed by atoms with Gasteiger partial charge in [-0.25, -0.2) is 4.79 Å². The van der Waals surface area contributed by atoms with Crippen LogP contribution in [0.3, 0.4) is 0 Å². The highest BCUT2D eigenvalue weighted by atomic mass is 35.5. The number of benzene rings is 1. The number of amides is 2. The predicted octanol–water partition coefficient (Wildman–Crippen LogP) is 4.49. The Bertz CT molecular complexity index is 889. The summed E-state index contributed by atoms with van der Waals surface area (Å²) in [6, 6.07) is 9.24. The Hall–Kier alpha value is -1.86. The quantitative estimate of drug-likeness (QED) is 0.668. The number of hydrogen-bond acceptors (Lipinski definition) is 4. The van der Waals surface area contributed by atoms with Crippen LogP contribution in [-0.2, 0) is 6.42 Å². The highest BCUT2D eigenvalue weighted by molar-refractivity contribution is 6.42. The standard InChI is InChI=1S/C24H31Cl2N5O/c25-22-6-5-21(15-23(22)26)28-24(32)31-13-11-30(12-14-31)18-20-4-2-9-29(17-20)10-7-19-3-1-8-27-16-19/h1,3,5-6,8,15-16,20H,2,4,7,9-14,17-18H2,(H,28,32)/t20-/m1/s1. The number of carbonyl (C=O) groups excluding carboxylic acids is 1. The molecule has 0 aliphatic carbocycles. The lowest BCUT2D eigenvalue weighted by molar-refractivity contribution is 0.101. The van der Waals surface area contributed by atoms with Crippen molar-refractivity contribution in [3.8, 4) is 0 Å². The van der Waals surface area contributed by atoms with Gasteiger partial charge in [0.2, 0.25) is 0 Å². The third-order valence-corrected chi connectivity index (χ3v) is 7.13. The predicted molar refractivity (Wildman–Crippen MR) is 131 cm³/mol. The molecule has 1 atom stereocenters. The van der Waals surface area contributed by atoms with Gasteiger partial charge in [0.25, 0.3) is 0 Å². The normalized spacial score (nSPS) is 20.3. The molecule has 0 spiro atoms. The number of nitrogens with zero attached hydrogens (tertiary/aromatic N) is 4. The van der Waals surface area contributed by atoms with Crippen LogP contribution >= 0.6 is 23.2 Å². The number of piperidine rings is 1. The van der Waals surface area contributed by atoms with Gasteiger partial charge >= 0.3 is 6.03 Å². The van der Waals surface area contributed by atoms with Crippen LogP contribution in [0.2, 0.25) is 10.0 Å². The van der Waals surface area contributed by atoms with Crippen LogP contribution in [0, 0.1) is 5.92 Å². The van der Waals surface area contributed by atoms with E-state index in [1.54, 1.807) is 18.2 Å². The fraction of sp³-hybridized carbons (Fsp3) is 0.500. The van der Waals surface area contributed by atoms with Gasteiger partial charge in [0.15, 0.2) is 0 Å². The molecule has 2 amide bonds. The zero-order chi connectivity index (χ0) is 22.3. The van der Waals surface area contributed by atoms with Gasteiger partial charge in [-0.05, 0) is 61.6 Å². The van der Waals surface area contributed by atoms with Crippen molar-refractivity contribution in [3.05, 3.63) is 58.3 Å². The number of pyridine rings is 1. The number of aromatic nitrogens is 1. The summed E-state index contributed by atoms with van der Waals surface area (Å²) in [6.45, 7) is 7.89. The summed E-state index contributed by atoms with van der Waals surface area (Å²) >= 11 is 12.0. The van der Waals surface area contributed by atoms with Gasteiger partial charge in [0.05, 0.1) is 10.0 Å². The lowest BCUT2D eigenvalue weighted by Gasteiger charge is -2.39. The molecule has 6 nitrogen and oxygen atoms in total. The smallest absolute Gasteiger partial charge is 0.321 e. The summed E-state index contributed by atoms with van der Waals surface area (Å²) in [7, 11) is 0. The number of nitrogens with one attached hydrogen (secondary N) is 1. The van der Waals surface area contributed by atoms with E-state index in [-0.39, 0.29) is 6.03 Å². The molecule has 1 aromatic heterocycles. The molecule has 2 aliphatic heterocycles. The molecule has 2 aliphatic rings. The van der Waals surface area contributed by atoms with E-state index in [1.165, 1.54) is 24.9 Å². The first-order valence-corrected chi connectivity index (χ1v) is 12.2. The summed E-state index contributed by atoms with van der Waals surface area (Å²) in [5, 5.41) is 3.85. The minimum atomic E-state index is -0.0812. The van der Waals surface area contributed by atoms with Crippen molar-refractivity contribution < 1.29 is 4.79 Å². The van der Waals surface area contributed by atoms with E-state index in [4.69, 9.17) is 23.2 Å². The Morgan fingerprint density at radius 1 is 1.06 bits per heavy atom. The maximum atomic E-state index is 12.6. The minimum absolute atomic E-state index is 0.0812. The highest BCUT2D eigenvalue weighted by Gasteiger charge is 2.26. The second kappa shape index (κ2) is 11.3. The van der Waals surface area contributed by atoms with E-state index in [0.29, 0.717) is 21.7 Å². The zero-order valence-electron chi connectivity index (χ0n) is 18.4. The fourth-order valence-corrected chi connectivity index (χ4v) is 4.91. The first-order valence-electron chi connectivity index (χ1n) is 11.4. The molecule has 2 aromatic rings. The minimum Gasteiger partial charge on any atom is -0.322 e. The SMILES string of the molecule is O=C(Nc1ccc(Cl)c(Cl)c1)N1CCN(C[C@@H]2CCCN(CCc3cccnc3)C2)CC1. The molecule has 4 rings (SSSR count). The van der Waals surface area contributed by atoms with E-state index < -0.39 is 0 Å². The lowest BCUT2D eigenvalue weighted by Crippen LogP contribution is -2.52. The van der Waals surface area contributed by atoms with Crippen molar-refractivity contribution in [1.82, 2.24) is 19.7 Å². The molecule has 2 saturated heterocycles. The Morgan fingerprint density at radius 3 is 2.66 bits per heavy atom. The Kier molecular flexibility index (Phi) is 8.25. The number of hydrogen-bond donors (Lipinski definition) is 1. The van der Waals surface area contributed by atoms with Gasteiger partial charge in [-0.2, -0.15) is 0 Å². The van der Waals surface area contributed by atoms with Crippen LogP contribution in [0.4, 0.5) is 10.5 Å². The number of halogens is 2. The number of piperazine rings is 1. The molecule has 8 heteroatoms. The topological polar surface area (TPSA) is 51.7 Å². The number of urea groups is 1. The van der Waals surface area contributed by atoms with Crippen molar-refractivity contribution in [1.29, 1.82) is 0 Å². The van der Waals surface area contributed by atoms with E-state index in [9.17, 15) is 4.79 Å². The summed E-state index contributed by atoms with van der Waals surface area (Å²) in [6.07, 6.45) is 7.42. The maximum Gasteiger partial charge on any atom is 0.321 e. The molecule has 32 heavy (non-hydrogen) atoms. The number of carbonyl (C=O) groups is 1. The summed E-state index contributed by atoms with van der Waals surface area (Å²) in [4.78, 5) is 23.8. The molecule has 1 aromatic carbocycles. The maximum absolute atomic E-state index is 12.6. The Balaban J connectivity index is 1.18. The highest BCUT2D eigenvalue weighted by Crippen LogP contribution is 2.25. The molecule has 0 bridgehead atoms. The molecule has 0 unspecified atom stereocenters. The molecule has 1 N–H and O–H groups in total. The molecular formula is C24H31Cl2N5O. The summed E-state index contributed by atoms with van der Waals surface area (Å²) in [5.41, 5.74) is 1.98. The zero-order valence-corrected chi connectivity index (χ0v) is 19.9. The third-order valence-electron chi connectivity index (χ3n) is 6.39. The second-order valence-corrected chi connectivity index (χ2v) is 9.58. The lowest BCUT2D eigenvalue weighted by atomic mass is 9.96. The molecule has 0 radical (unpaired) electrons. The van der Waals surface area contributed by atoms with Gasteiger partial charge in [0, 0.05) is 63.9 Å². The van der Waals surface area contributed by atoms with Gasteiger partial charge in [0.1, 0.15) is 0 Å². The monoisotopic (exact) mass is 475 g/mol. The van der Waals surface area contributed by atoms with Crippen LogP contribution < -0.4 is 5.32 Å². The molecule has 0 saturated carbocycles. The van der Waals surface area contributed by atoms with Crippen LogP contribution in [0.5, 0.6) is 0 Å². The average molecular weight is 476 g/mol. The van der Waals surface area contributed by atoms with Gasteiger partial charge in [-0.3, -0.25) is 9.88 Å². The largest absolute Gasteiger partial charge is 0.322 e. The van der Waals surface area contributed by atoms with Crippen LogP contribution in [0.15, 0.2) is 42.7 Å². The second-order valence-electron chi connectivity index (χ2n) is 8.77. The van der Waals surface area contributed by atoms with Crippen LogP contribution in [0.25, 0.3) is 0 Å². The first kappa shape index (κ1) is 23.3. The van der Waals surface area contributed by atoms with E-state index in [2.05, 4.69) is 26.2 Å². The number of anilines is 1. The summed E-state index contributed by atoms with van der Waals surface area (Å²) in [5.74, 6) is 0.703. The van der Waals surface area contributed by atoms with Crippen LogP contribution in [0.1, 0.15) is 18.4 Å². The number of likely N-dealkylation sites (tertiary alicyclic amines) is 1. The molecule has 3 heterocycles. The van der Waals surface area contributed by atoms with Crippen molar-refractivity contribution in [2.24, 2.45) is 5.92 Å². The van der Waals surface area contributed by atoms with Crippen LogP contribution in [-0.4, -0.2) is 78.1 Å². The third kappa shape index (κ3) is 6.58. The van der Waals surface area contributed by atoms with Crippen molar-refractivity contribution in [2.75, 3.05) is 57.7 Å². The number of rotatable bonds is 6. The average Bonchev–Trinajstić information content (AvgIpc) is 2.81. The molecule has 2 fully saturated rings. The molecular weight excluding hydrogens is 445 g/mol. The fourth-order valence-electron chi connectivity index (χ4n) is 4.61. The Morgan fingerprint density at radius 2 is 1.91 bits per heavy atom. The van der Waals surface area contributed by atoms with E-state index in [0.717, 1.165) is 52.2 Å². The van der Waals surface area contributed by atoms with Crippen molar-refractivity contribution >= 4 is 34.9 Å².